The molecule has 40 heavy (non-hydrogen) atoms. The van der Waals surface area contributed by atoms with Gasteiger partial charge in [-0.25, -0.2) is 14.2 Å². The molecule has 1 N–H and O–H groups in total. The summed E-state index contributed by atoms with van der Waals surface area (Å²) in [5, 5.41) is 6.69. The Morgan fingerprint density at radius 3 is 2.55 bits per heavy atom. The molecule has 4 heterocycles. The Labute approximate surface area is 230 Å². The van der Waals surface area contributed by atoms with Crippen LogP contribution in [0.2, 0.25) is 0 Å². The zero-order valence-electron chi connectivity index (χ0n) is 22.5. The lowest BCUT2D eigenvalue weighted by Crippen LogP contribution is -2.59. The molecule has 0 spiro atoms. The molecule has 2 aromatic heterocycles. The van der Waals surface area contributed by atoms with E-state index >= 15 is 4.39 Å². The summed E-state index contributed by atoms with van der Waals surface area (Å²) in [6.45, 7) is 7.29. The normalized spacial score (nSPS) is 23.1. The molecule has 1 aliphatic carbocycles. The van der Waals surface area contributed by atoms with Crippen molar-refractivity contribution in [2.45, 2.75) is 51.2 Å². The zero-order valence-corrected chi connectivity index (χ0v) is 22.5. The molecule has 1 aromatic carbocycles. The molecule has 0 radical (unpaired) electrons. The van der Waals surface area contributed by atoms with Crippen molar-refractivity contribution in [3.63, 3.8) is 0 Å². The third kappa shape index (κ3) is 5.32. The van der Waals surface area contributed by atoms with Crippen LogP contribution in [0.15, 0.2) is 35.0 Å². The summed E-state index contributed by atoms with van der Waals surface area (Å²) < 4.78 is 53.2. The van der Waals surface area contributed by atoms with E-state index in [-0.39, 0.29) is 52.6 Å². The molecule has 212 valence electrons. The number of nitrogens with one attached hydrogen (secondary N) is 1. The maximum Gasteiger partial charge on any atom is 0.410 e. The van der Waals surface area contributed by atoms with Crippen LogP contribution in [0.5, 0.6) is 5.88 Å². The van der Waals surface area contributed by atoms with Crippen molar-refractivity contribution in [2.75, 3.05) is 31.6 Å². The summed E-state index contributed by atoms with van der Waals surface area (Å²) in [6, 6.07) is 5.75. The molecular formula is C28H31F2N5O5. The second-order valence-electron chi connectivity index (χ2n) is 11.3. The first-order valence-electron chi connectivity index (χ1n) is 13.5. The number of halogens is 2. The Balaban J connectivity index is 1.15. The summed E-state index contributed by atoms with van der Waals surface area (Å²) in [5.74, 6) is -1.10. The summed E-state index contributed by atoms with van der Waals surface area (Å²) in [4.78, 5) is 22.8. The Morgan fingerprint density at radius 2 is 1.90 bits per heavy atom. The highest BCUT2D eigenvalue weighted by molar-refractivity contribution is 5.69. The smallest absolute Gasteiger partial charge is 0.410 e. The fraction of sp³-hybridized carbons (Fsp3) is 0.500. The van der Waals surface area contributed by atoms with Crippen LogP contribution < -0.4 is 10.1 Å². The van der Waals surface area contributed by atoms with E-state index < -0.39 is 17.7 Å². The monoisotopic (exact) mass is 555 g/mol. The number of amides is 1. The molecule has 3 fully saturated rings. The molecule has 1 saturated carbocycles. The molecule has 2 bridgehead atoms. The lowest BCUT2D eigenvalue weighted by atomic mass is 9.84. The SMILES string of the molecule is CC(C)c1noc(-c2ccc(Nc3ccnc(OC4C5COCC4CN(C(=O)OC4(C)CC4)C5)c3F)c(F)c2)n1. The molecule has 6 rings (SSSR count). The van der Waals surface area contributed by atoms with E-state index in [1.807, 2.05) is 20.8 Å². The molecule has 3 aromatic rings. The minimum atomic E-state index is -0.744. The Hall–Kier alpha value is -3.80. The number of benzene rings is 1. The summed E-state index contributed by atoms with van der Waals surface area (Å²) in [7, 11) is 0. The van der Waals surface area contributed by atoms with Gasteiger partial charge >= 0.3 is 6.09 Å². The highest BCUT2D eigenvalue weighted by atomic mass is 19.1. The van der Waals surface area contributed by atoms with Crippen LogP contribution in [0.25, 0.3) is 11.5 Å². The van der Waals surface area contributed by atoms with Crippen molar-refractivity contribution in [1.29, 1.82) is 0 Å². The van der Waals surface area contributed by atoms with Crippen molar-refractivity contribution in [2.24, 2.45) is 11.8 Å². The van der Waals surface area contributed by atoms with Crippen molar-refractivity contribution >= 4 is 17.5 Å². The molecule has 3 aliphatic rings. The maximum absolute atomic E-state index is 15.5. The van der Waals surface area contributed by atoms with Crippen molar-refractivity contribution in [3.8, 4) is 17.3 Å². The van der Waals surface area contributed by atoms with E-state index in [2.05, 4.69) is 20.4 Å². The highest BCUT2D eigenvalue weighted by Crippen LogP contribution is 2.40. The van der Waals surface area contributed by atoms with Crippen molar-refractivity contribution < 1.29 is 32.3 Å². The lowest BCUT2D eigenvalue weighted by Gasteiger charge is -2.46. The number of likely N-dealkylation sites (tertiary alicyclic amines) is 1. The van der Waals surface area contributed by atoms with Gasteiger partial charge in [0.1, 0.15) is 17.5 Å². The van der Waals surface area contributed by atoms with E-state index in [1.54, 1.807) is 11.0 Å². The number of carbonyl (C=O) groups is 1. The quantitative estimate of drug-likeness (QED) is 0.416. The van der Waals surface area contributed by atoms with Gasteiger partial charge in [-0.05, 0) is 44.0 Å². The number of aromatic nitrogens is 3. The first-order chi connectivity index (χ1) is 19.2. The number of hydrogen-bond acceptors (Lipinski definition) is 9. The fourth-order valence-corrected chi connectivity index (χ4v) is 5.01. The van der Waals surface area contributed by atoms with Crippen LogP contribution in [-0.2, 0) is 9.47 Å². The van der Waals surface area contributed by atoms with E-state index in [4.69, 9.17) is 18.7 Å². The maximum atomic E-state index is 15.5. The number of hydrogen-bond donors (Lipinski definition) is 1. The minimum absolute atomic E-state index is 0.0108. The Bertz CT molecular complexity index is 1400. The van der Waals surface area contributed by atoms with Gasteiger partial charge in [0.25, 0.3) is 11.8 Å². The average Bonchev–Trinajstić information content (AvgIpc) is 3.42. The molecule has 1 amide bonds. The van der Waals surface area contributed by atoms with Gasteiger partial charge in [0.15, 0.2) is 5.82 Å². The van der Waals surface area contributed by atoms with Gasteiger partial charge in [0, 0.05) is 42.6 Å². The fourth-order valence-electron chi connectivity index (χ4n) is 5.01. The van der Waals surface area contributed by atoms with Crippen molar-refractivity contribution in [3.05, 3.63) is 47.9 Å². The molecular weight excluding hydrogens is 524 g/mol. The minimum Gasteiger partial charge on any atom is -0.471 e. The number of ether oxygens (including phenoxy) is 3. The van der Waals surface area contributed by atoms with Crippen LogP contribution in [-0.4, -0.2) is 64.1 Å². The summed E-state index contributed by atoms with van der Waals surface area (Å²) >= 11 is 0. The first kappa shape index (κ1) is 26.4. The second kappa shape index (κ2) is 10.3. The van der Waals surface area contributed by atoms with Gasteiger partial charge in [0.05, 0.1) is 24.6 Å². The zero-order chi connectivity index (χ0) is 28.0. The largest absolute Gasteiger partial charge is 0.471 e. The molecule has 2 saturated heterocycles. The second-order valence-corrected chi connectivity index (χ2v) is 11.3. The molecule has 2 aliphatic heterocycles. The van der Waals surface area contributed by atoms with E-state index in [1.165, 1.54) is 24.4 Å². The molecule has 2 unspecified atom stereocenters. The summed E-state index contributed by atoms with van der Waals surface area (Å²) in [6.07, 6.45) is 2.41. The van der Waals surface area contributed by atoms with E-state index in [0.29, 0.717) is 37.7 Å². The van der Waals surface area contributed by atoms with Gasteiger partial charge in [-0.1, -0.05) is 19.0 Å². The van der Waals surface area contributed by atoms with E-state index in [9.17, 15) is 9.18 Å². The number of piperidine rings is 1. The first-order valence-corrected chi connectivity index (χ1v) is 13.5. The number of carbonyl (C=O) groups excluding carboxylic acids is 1. The number of rotatable bonds is 7. The van der Waals surface area contributed by atoms with Gasteiger partial charge < -0.3 is 29.0 Å². The molecule has 12 heteroatoms. The third-order valence-corrected chi connectivity index (χ3v) is 7.60. The number of anilines is 2. The topological polar surface area (TPSA) is 112 Å². The van der Waals surface area contributed by atoms with Gasteiger partial charge in [-0.3, -0.25) is 0 Å². The van der Waals surface area contributed by atoms with E-state index in [0.717, 1.165) is 12.8 Å². The van der Waals surface area contributed by atoms with Gasteiger partial charge in [0.2, 0.25) is 5.82 Å². The number of pyridine rings is 1. The molecule has 10 nitrogen and oxygen atoms in total. The van der Waals surface area contributed by atoms with Crippen LogP contribution in [0.1, 0.15) is 45.4 Å². The highest BCUT2D eigenvalue weighted by Gasteiger charge is 2.47. The number of fused-ring (bicyclic) bond motifs is 2. The lowest BCUT2D eigenvalue weighted by molar-refractivity contribution is -0.112. The van der Waals surface area contributed by atoms with Crippen LogP contribution in [0, 0.1) is 23.5 Å². The summed E-state index contributed by atoms with van der Waals surface area (Å²) in [5.41, 5.74) is 0.124. The predicted octanol–water partition coefficient (Wildman–Crippen LogP) is 5.29. The molecule has 2 atom stereocenters. The van der Waals surface area contributed by atoms with Crippen LogP contribution >= 0.6 is 0 Å². The van der Waals surface area contributed by atoms with Crippen LogP contribution in [0.4, 0.5) is 25.0 Å². The predicted molar refractivity (Wildman–Crippen MR) is 139 cm³/mol. The Kier molecular flexibility index (Phi) is 6.81. The Morgan fingerprint density at radius 1 is 1.15 bits per heavy atom. The average molecular weight is 556 g/mol. The number of nitrogens with zero attached hydrogens (tertiary/aromatic N) is 4. The standard InChI is InChI=1S/C28H31F2N5O5/c1-15(2)24-33-25(40-34-24)16-4-5-20(19(29)10-16)32-21-6-9-31-26(22(21)30)38-23-17-11-35(12-18(23)14-37-13-17)27(36)39-28(3)7-8-28/h4-6,9-10,15,17-18,23H,7-8,11-14H2,1-3H3,(H,31,32). The van der Waals surface area contributed by atoms with Crippen molar-refractivity contribution in [1.82, 2.24) is 20.0 Å². The van der Waals surface area contributed by atoms with Crippen LogP contribution in [0.3, 0.4) is 0 Å². The third-order valence-electron chi connectivity index (χ3n) is 7.60. The van der Waals surface area contributed by atoms with Gasteiger partial charge in [-0.2, -0.15) is 9.37 Å². The van der Waals surface area contributed by atoms with Gasteiger partial charge in [-0.15, -0.1) is 0 Å².